The van der Waals surface area contributed by atoms with E-state index >= 15 is 0 Å². The van der Waals surface area contributed by atoms with Gasteiger partial charge in [0.25, 0.3) is 0 Å². The number of aromatic nitrogens is 1. The Kier molecular flexibility index (Phi) is 4.78. The van der Waals surface area contributed by atoms with Crippen molar-refractivity contribution in [3.8, 4) is 0 Å². The van der Waals surface area contributed by atoms with E-state index in [9.17, 15) is 13.2 Å². The Morgan fingerprint density at radius 1 is 0.905 bits per heavy atom. The molecular weight excluding hydrogens is 371 g/mol. The van der Waals surface area contributed by atoms with Crippen molar-refractivity contribution in [1.29, 1.82) is 0 Å². The van der Waals surface area contributed by atoms with Gasteiger partial charge in [0.2, 0.25) is 0 Å². The van der Waals surface area contributed by atoms with Gasteiger partial charge in [-0.2, -0.15) is 13.2 Å². The second kappa shape index (κ2) is 6.08. The standard InChI is InChI=1S/C12H5Cl4F3N2/c13-6-3-5(12(17,18)19)1-2-9(6)20-11-8(15)4-7(14)10(16)21-11/h1-4H,(H,20,21). The number of halogens is 7. The zero-order chi connectivity index (χ0) is 15.8. The summed E-state index contributed by atoms with van der Waals surface area (Å²) in [6, 6.07) is 4.22. The molecule has 0 aliphatic heterocycles. The maximum atomic E-state index is 12.5. The highest BCUT2D eigenvalue weighted by atomic mass is 35.5. The third kappa shape index (κ3) is 3.86. The highest BCUT2D eigenvalue weighted by molar-refractivity contribution is 6.43. The first-order chi connectivity index (χ1) is 9.68. The van der Waals surface area contributed by atoms with Crippen molar-refractivity contribution in [3.05, 3.63) is 50.0 Å². The fourth-order valence-corrected chi connectivity index (χ4v) is 2.22. The van der Waals surface area contributed by atoms with Crippen LogP contribution in [0.5, 0.6) is 0 Å². The van der Waals surface area contributed by atoms with Gasteiger partial charge < -0.3 is 5.32 Å². The summed E-state index contributed by atoms with van der Waals surface area (Å²) in [6.45, 7) is 0. The minimum Gasteiger partial charge on any atom is -0.338 e. The van der Waals surface area contributed by atoms with E-state index < -0.39 is 11.7 Å². The summed E-state index contributed by atoms with van der Waals surface area (Å²) in [5.74, 6) is 0.132. The summed E-state index contributed by atoms with van der Waals surface area (Å²) in [7, 11) is 0. The van der Waals surface area contributed by atoms with Crippen molar-refractivity contribution < 1.29 is 13.2 Å². The molecule has 0 radical (unpaired) electrons. The van der Waals surface area contributed by atoms with Crippen LogP contribution in [-0.4, -0.2) is 4.98 Å². The van der Waals surface area contributed by atoms with Crippen LogP contribution in [0.25, 0.3) is 0 Å². The van der Waals surface area contributed by atoms with Gasteiger partial charge >= 0.3 is 6.18 Å². The van der Waals surface area contributed by atoms with E-state index in [1.54, 1.807) is 0 Å². The number of hydrogen-bond acceptors (Lipinski definition) is 2. The van der Waals surface area contributed by atoms with Crippen LogP contribution in [-0.2, 0) is 6.18 Å². The molecule has 0 spiro atoms. The second-order valence-electron chi connectivity index (χ2n) is 3.91. The van der Waals surface area contributed by atoms with Crippen LogP contribution >= 0.6 is 46.4 Å². The van der Waals surface area contributed by atoms with Crippen molar-refractivity contribution in [3.63, 3.8) is 0 Å². The summed E-state index contributed by atoms with van der Waals surface area (Å²) in [6.07, 6.45) is -4.47. The molecule has 0 saturated carbocycles. The number of nitrogens with zero attached hydrogens (tertiary/aromatic N) is 1. The van der Waals surface area contributed by atoms with E-state index in [0.29, 0.717) is 0 Å². The molecule has 1 N–H and O–H groups in total. The first-order valence-corrected chi connectivity index (χ1v) is 6.85. The third-order valence-electron chi connectivity index (χ3n) is 2.44. The molecule has 112 valence electrons. The van der Waals surface area contributed by atoms with Crippen LogP contribution in [0.15, 0.2) is 24.3 Å². The Hall–Kier alpha value is -0.880. The number of nitrogens with one attached hydrogen (secondary N) is 1. The lowest BCUT2D eigenvalue weighted by molar-refractivity contribution is -0.137. The van der Waals surface area contributed by atoms with Gasteiger partial charge in [0.15, 0.2) is 5.82 Å². The van der Waals surface area contributed by atoms with Gasteiger partial charge in [-0.3, -0.25) is 0 Å². The zero-order valence-electron chi connectivity index (χ0n) is 9.90. The Labute approximate surface area is 137 Å². The van der Waals surface area contributed by atoms with Crippen LogP contribution in [0.2, 0.25) is 20.2 Å². The molecule has 0 atom stereocenters. The van der Waals surface area contributed by atoms with Crippen molar-refractivity contribution in [1.82, 2.24) is 4.98 Å². The lowest BCUT2D eigenvalue weighted by Crippen LogP contribution is -2.05. The SMILES string of the molecule is FC(F)(F)c1ccc(Nc2nc(Cl)c(Cl)cc2Cl)c(Cl)c1. The van der Waals surface area contributed by atoms with Crippen LogP contribution in [0.4, 0.5) is 24.7 Å². The lowest BCUT2D eigenvalue weighted by Gasteiger charge is -2.12. The van der Waals surface area contributed by atoms with E-state index in [1.165, 1.54) is 12.1 Å². The predicted molar refractivity (Wildman–Crippen MR) is 79.0 cm³/mol. The number of anilines is 2. The Morgan fingerprint density at radius 2 is 1.57 bits per heavy atom. The van der Waals surface area contributed by atoms with Gasteiger partial charge in [0, 0.05) is 0 Å². The monoisotopic (exact) mass is 374 g/mol. The molecule has 9 heteroatoms. The lowest BCUT2D eigenvalue weighted by atomic mass is 10.2. The predicted octanol–water partition coefficient (Wildman–Crippen LogP) is 6.46. The Bertz CT molecular complexity index is 689. The quantitative estimate of drug-likeness (QED) is 0.609. The maximum Gasteiger partial charge on any atom is 0.416 e. The van der Waals surface area contributed by atoms with Crippen molar-refractivity contribution >= 4 is 57.9 Å². The molecule has 0 fully saturated rings. The molecule has 0 bridgehead atoms. The van der Waals surface area contributed by atoms with E-state index in [2.05, 4.69) is 10.3 Å². The van der Waals surface area contributed by atoms with Crippen molar-refractivity contribution in [2.24, 2.45) is 0 Å². The molecule has 1 heterocycles. The molecule has 0 saturated heterocycles. The third-order valence-corrected chi connectivity index (χ3v) is 3.71. The van der Waals surface area contributed by atoms with Gasteiger partial charge in [0.1, 0.15) is 5.15 Å². The van der Waals surface area contributed by atoms with Crippen LogP contribution in [0, 0.1) is 0 Å². The number of benzene rings is 1. The number of pyridine rings is 1. The minimum atomic E-state index is -4.47. The summed E-state index contributed by atoms with van der Waals surface area (Å²) in [5, 5.41) is 2.89. The van der Waals surface area contributed by atoms with E-state index in [0.717, 1.165) is 12.1 Å². The molecular formula is C12H5Cl4F3N2. The number of alkyl halides is 3. The molecule has 21 heavy (non-hydrogen) atoms. The fraction of sp³-hybridized carbons (Fsp3) is 0.0833. The molecule has 0 amide bonds. The molecule has 0 unspecified atom stereocenters. The molecule has 2 rings (SSSR count). The van der Waals surface area contributed by atoms with Gasteiger partial charge in [-0.25, -0.2) is 4.98 Å². The van der Waals surface area contributed by atoms with Crippen molar-refractivity contribution in [2.75, 3.05) is 5.32 Å². The summed E-state index contributed by atoms with van der Waals surface area (Å²) >= 11 is 23.2. The largest absolute Gasteiger partial charge is 0.416 e. The average molecular weight is 376 g/mol. The highest BCUT2D eigenvalue weighted by Crippen LogP contribution is 2.36. The van der Waals surface area contributed by atoms with Gasteiger partial charge in [-0.15, -0.1) is 0 Å². The molecule has 0 aliphatic rings. The van der Waals surface area contributed by atoms with E-state index in [-0.39, 0.29) is 31.7 Å². The van der Waals surface area contributed by atoms with Crippen LogP contribution in [0.1, 0.15) is 5.56 Å². The van der Waals surface area contributed by atoms with Gasteiger partial charge in [-0.1, -0.05) is 46.4 Å². The zero-order valence-corrected chi connectivity index (χ0v) is 12.9. The highest BCUT2D eigenvalue weighted by Gasteiger charge is 2.30. The summed E-state index contributed by atoms with van der Waals surface area (Å²) in [5.41, 5.74) is -0.649. The molecule has 1 aromatic carbocycles. The average Bonchev–Trinajstić information content (AvgIpc) is 2.36. The number of hydrogen-bond donors (Lipinski definition) is 1. The molecule has 2 aromatic rings. The van der Waals surface area contributed by atoms with Crippen LogP contribution < -0.4 is 5.32 Å². The molecule has 0 aliphatic carbocycles. The Balaban J connectivity index is 2.35. The molecule has 1 aromatic heterocycles. The first kappa shape index (κ1) is 16.5. The van der Waals surface area contributed by atoms with Crippen LogP contribution in [0.3, 0.4) is 0 Å². The minimum absolute atomic E-state index is 0.00611. The number of rotatable bonds is 2. The summed E-state index contributed by atoms with van der Waals surface area (Å²) in [4.78, 5) is 3.89. The van der Waals surface area contributed by atoms with E-state index in [4.69, 9.17) is 46.4 Å². The normalized spacial score (nSPS) is 11.6. The van der Waals surface area contributed by atoms with Gasteiger partial charge in [0.05, 0.1) is 26.3 Å². The van der Waals surface area contributed by atoms with E-state index in [1.807, 2.05) is 0 Å². The summed E-state index contributed by atoms with van der Waals surface area (Å²) < 4.78 is 37.6. The smallest absolute Gasteiger partial charge is 0.338 e. The topological polar surface area (TPSA) is 24.9 Å². The fourth-order valence-electron chi connectivity index (χ4n) is 1.45. The second-order valence-corrected chi connectivity index (χ2v) is 5.49. The van der Waals surface area contributed by atoms with Gasteiger partial charge in [-0.05, 0) is 24.3 Å². The molecule has 2 nitrogen and oxygen atoms in total. The Morgan fingerprint density at radius 3 is 2.14 bits per heavy atom. The first-order valence-electron chi connectivity index (χ1n) is 5.34. The van der Waals surface area contributed by atoms with Crippen molar-refractivity contribution in [2.45, 2.75) is 6.18 Å². The maximum absolute atomic E-state index is 12.5.